The number of fused-ring (bicyclic) bond motifs is 4. The van der Waals surface area contributed by atoms with Crippen molar-refractivity contribution in [3.8, 4) is 0 Å². The topological polar surface area (TPSA) is 83.1 Å². The molecule has 2 saturated heterocycles. The summed E-state index contributed by atoms with van der Waals surface area (Å²) in [6.45, 7) is 5.46. The van der Waals surface area contributed by atoms with Crippen molar-refractivity contribution in [1.29, 1.82) is 0 Å². The molecule has 0 bridgehead atoms. The molecule has 1 aromatic carbocycles. The van der Waals surface area contributed by atoms with Gasteiger partial charge in [-0.05, 0) is 51.0 Å². The standard InChI is InChI=1S/C20H24FN3O3S/c1-19(2,3)24-16(25)14-13(7-8-28-4)23-20(15(14)17(24)26)11-9-10(21)5-6-12(11)22-18(20)27/h5-6,9,13-15,23H,7-8H2,1-4H3,(H,22,27)/p+1/t13-,14-,15+,20+/m1/s1. The number of imide groups is 1. The van der Waals surface area contributed by atoms with E-state index in [4.69, 9.17) is 0 Å². The average Bonchev–Trinajstić information content (AvgIpc) is 3.18. The normalized spacial score (nSPS) is 31.5. The fraction of sp³-hybridized carbons (Fsp3) is 0.550. The lowest BCUT2D eigenvalue weighted by molar-refractivity contribution is -0.733. The summed E-state index contributed by atoms with van der Waals surface area (Å²) in [5.41, 5.74) is -0.987. The molecule has 8 heteroatoms. The van der Waals surface area contributed by atoms with Crippen molar-refractivity contribution >= 4 is 35.2 Å². The number of hydrogen-bond acceptors (Lipinski definition) is 4. The van der Waals surface area contributed by atoms with E-state index in [9.17, 15) is 18.8 Å². The first-order valence-corrected chi connectivity index (χ1v) is 10.9. The highest BCUT2D eigenvalue weighted by Crippen LogP contribution is 2.50. The summed E-state index contributed by atoms with van der Waals surface area (Å²) in [5.74, 6) is -1.96. The second-order valence-corrected chi connectivity index (χ2v) is 9.80. The number of likely N-dealkylation sites (tertiary alicyclic amines) is 1. The maximum absolute atomic E-state index is 14.1. The molecule has 3 N–H and O–H groups in total. The van der Waals surface area contributed by atoms with Gasteiger partial charge in [0.05, 0.1) is 5.69 Å². The summed E-state index contributed by atoms with van der Waals surface area (Å²) in [4.78, 5) is 41.3. The molecule has 1 spiro atoms. The number of benzene rings is 1. The predicted molar refractivity (Wildman–Crippen MR) is 104 cm³/mol. The van der Waals surface area contributed by atoms with Crippen molar-refractivity contribution in [3.63, 3.8) is 0 Å². The van der Waals surface area contributed by atoms with Gasteiger partial charge in [0.25, 0.3) is 5.91 Å². The Morgan fingerprint density at radius 3 is 2.61 bits per heavy atom. The highest BCUT2D eigenvalue weighted by molar-refractivity contribution is 7.98. The molecular formula is C20H25FN3O3S+. The van der Waals surface area contributed by atoms with Crippen molar-refractivity contribution in [3.05, 3.63) is 29.6 Å². The van der Waals surface area contributed by atoms with Gasteiger partial charge < -0.3 is 10.6 Å². The van der Waals surface area contributed by atoms with Crippen molar-refractivity contribution in [2.45, 2.75) is 44.3 Å². The Labute approximate surface area is 167 Å². The number of hydrogen-bond donors (Lipinski definition) is 2. The maximum atomic E-state index is 14.1. The molecule has 4 atom stereocenters. The van der Waals surface area contributed by atoms with Crippen LogP contribution in [0.15, 0.2) is 18.2 Å². The molecule has 3 heterocycles. The van der Waals surface area contributed by atoms with Gasteiger partial charge in [-0.25, -0.2) is 4.39 Å². The predicted octanol–water partition coefficient (Wildman–Crippen LogP) is 1.07. The van der Waals surface area contributed by atoms with Crippen LogP contribution < -0.4 is 10.6 Å². The molecule has 1 aromatic rings. The zero-order chi connectivity index (χ0) is 20.4. The number of quaternary nitrogens is 1. The lowest BCUT2D eigenvalue weighted by atomic mass is 9.76. The number of thioether (sulfide) groups is 1. The van der Waals surface area contributed by atoms with Gasteiger partial charge >= 0.3 is 0 Å². The fourth-order valence-electron chi connectivity index (χ4n) is 5.11. The zero-order valence-corrected chi connectivity index (χ0v) is 17.2. The Bertz CT molecular complexity index is 884. The second-order valence-electron chi connectivity index (χ2n) is 8.81. The summed E-state index contributed by atoms with van der Waals surface area (Å²) >= 11 is 1.66. The lowest BCUT2D eigenvalue weighted by Gasteiger charge is -2.33. The molecule has 0 radical (unpaired) electrons. The number of nitrogens with zero attached hydrogens (tertiary/aromatic N) is 1. The van der Waals surface area contributed by atoms with E-state index in [0.717, 1.165) is 5.75 Å². The maximum Gasteiger partial charge on any atom is 0.291 e. The summed E-state index contributed by atoms with van der Waals surface area (Å²) in [7, 11) is 0. The smallest absolute Gasteiger partial charge is 0.291 e. The Balaban J connectivity index is 1.89. The Morgan fingerprint density at radius 1 is 1.25 bits per heavy atom. The Kier molecular flexibility index (Phi) is 4.35. The molecule has 2 fully saturated rings. The van der Waals surface area contributed by atoms with E-state index in [2.05, 4.69) is 5.32 Å². The van der Waals surface area contributed by atoms with Gasteiger partial charge in [0.15, 0.2) is 0 Å². The highest BCUT2D eigenvalue weighted by atomic mass is 32.2. The Hall–Kier alpha value is -1.93. The van der Waals surface area contributed by atoms with E-state index in [1.165, 1.54) is 23.1 Å². The summed E-state index contributed by atoms with van der Waals surface area (Å²) in [6, 6.07) is 3.94. The van der Waals surface area contributed by atoms with Crippen LogP contribution in [0.4, 0.5) is 10.1 Å². The fourth-order valence-corrected chi connectivity index (χ4v) is 5.62. The summed E-state index contributed by atoms with van der Waals surface area (Å²) in [6.07, 6.45) is 2.68. The third kappa shape index (κ3) is 2.47. The minimum Gasteiger partial charge on any atom is -0.326 e. The molecule has 0 aliphatic carbocycles. The third-order valence-corrected chi connectivity index (χ3v) is 6.80. The van der Waals surface area contributed by atoms with Gasteiger partial charge in [-0.1, -0.05) is 0 Å². The number of halogens is 1. The quantitative estimate of drug-likeness (QED) is 0.736. The van der Waals surface area contributed by atoms with Crippen LogP contribution in [-0.2, 0) is 19.9 Å². The average molecular weight is 407 g/mol. The van der Waals surface area contributed by atoms with Gasteiger partial charge in [0.2, 0.25) is 17.4 Å². The lowest BCUT2D eigenvalue weighted by Crippen LogP contribution is -2.99. The summed E-state index contributed by atoms with van der Waals surface area (Å²) < 4.78 is 14.1. The van der Waals surface area contributed by atoms with Crippen LogP contribution in [0.3, 0.4) is 0 Å². The van der Waals surface area contributed by atoms with Gasteiger partial charge in [-0.15, -0.1) is 0 Å². The van der Waals surface area contributed by atoms with E-state index < -0.39 is 28.7 Å². The molecule has 150 valence electrons. The molecule has 0 aromatic heterocycles. The molecule has 3 amide bonds. The van der Waals surface area contributed by atoms with Crippen molar-refractivity contribution in [2.24, 2.45) is 11.8 Å². The number of carbonyl (C=O) groups excluding carboxylic acids is 3. The van der Waals surface area contributed by atoms with Crippen LogP contribution in [0.5, 0.6) is 0 Å². The van der Waals surface area contributed by atoms with E-state index in [1.54, 1.807) is 11.8 Å². The number of carbonyl (C=O) groups is 3. The van der Waals surface area contributed by atoms with Crippen LogP contribution in [0.2, 0.25) is 0 Å². The van der Waals surface area contributed by atoms with E-state index in [-0.39, 0.29) is 23.8 Å². The van der Waals surface area contributed by atoms with Crippen LogP contribution >= 0.6 is 11.8 Å². The second kappa shape index (κ2) is 6.29. The molecule has 0 unspecified atom stereocenters. The molecule has 3 aliphatic rings. The van der Waals surface area contributed by atoms with Crippen molar-refractivity contribution in [1.82, 2.24) is 4.90 Å². The largest absolute Gasteiger partial charge is 0.326 e. The molecule has 6 nitrogen and oxygen atoms in total. The molecule has 28 heavy (non-hydrogen) atoms. The van der Waals surface area contributed by atoms with E-state index in [0.29, 0.717) is 17.7 Å². The first-order chi connectivity index (χ1) is 13.1. The van der Waals surface area contributed by atoms with Crippen LogP contribution in [0.1, 0.15) is 32.8 Å². The first kappa shape index (κ1) is 19.4. The summed E-state index contributed by atoms with van der Waals surface area (Å²) in [5, 5.41) is 4.67. The number of anilines is 1. The van der Waals surface area contributed by atoms with Crippen molar-refractivity contribution < 1.29 is 24.1 Å². The van der Waals surface area contributed by atoms with Crippen LogP contribution in [-0.4, -0.2) is 46.2 Å². The van der Waals surface area contributed by atoms with Crippen LogP contribution in [0, 0.1) is 17.7 Å². The van der Waals surface area contributed by atoms with Gasteiger partial charge in [-0.3, -0.25) is 19.3 Å². The number of nitrogens with one attached hydrogen (secondary N) is 1. The van der Waals surface area contributed by atoms with Crippen LogP contribution in [0.25, 0.3) is 0 Å². The van der Waals surface area contributed by atoms with E-state index >= 15 is 0 Å². The minimum atomic E-state index is -1.29. The number of rotatable bonds is 3. The van der Waals surface area contributed by atoms with Gasteiger partial charge in [-0.2, -0.15) is 11.8 Å². The highest BCUT2D eigenvalue weighted by Gasteiger charge is 2.74. The van der Waals surface area contributed by atoms with E-state index in [1.807, 2.05) is 32.3 Å². The Morgan fingerprint density at radius 2 is 1.96 bits per heavy atom. The minimum absolute atomic E-state index is 0.207. The van der Waals surface area contributed by atoms with Gasteiger partial charge in [0, 0.05) is 17.5 Å². The molecule has 0 saturated carbocycles. The number of amides is 3. The molecular weight excluding hydrogens is 381 g/mol. The first-order valence-electron chi connectivity index (χ1n) is 9.47. The zero-order valence-electron chi connectivity index (χ0n) is 16.4. The molecule has 3 aliphatic heterocycles. The molecule has 4 rings (SSSR count). The number of nitrogens with two attached hydrogens (primary N) is 1. The third-order valence-electron chi connectivity index (χ3n) is 6.16. The van der Waals surface area contributed by atoms with Gasteiger partial charge in [0.1, 0.15) is 23.7 Å². The monoisotopic (exact) mass is 406 g/mol. The SMILES string of the molecule is CSCC[C@H]1[NH2+][C@]2(C(=O)Nc3ccc(F)cc32)[C@@H]2C(=O)N(C(C)(C)C)C(=O)[C@@H]21. The van der Waals surface area contributed by atoms with Crippen molar-refractivity contribution in [2.75, 3.05) is 17.3 Å².